The van der Waals surface area contributed by atoms with E-state index in [4.69, 9.17) is 11.6 Å². The molecule has 1 saturated carbocycles. The molecule has 0 spiro atoms. The molecule has 0 saturated heterocycles. The molecular formula is C20H29ClN2O2. The van der Waals surface area contributed by atoms with Crippen LogP contribution in [-0.2, 0) is 9.59 Å². The first-order valence-electron chi connectivity index (χ1n) is 9.24. The van der Waals surface area contributed by atoms with E-state index >= 15 is 0 Å². The fourth-order valence-corrected chi connectivity index (χ4v) is 3.65. The van der Waals surface area contributed by atoms with Gasteiger partial charge in [-0.2, -0.15) is 0 Å². The second kappa shape index (κ2) is 9.23. The lowest BCUT2D eigenvalue weighted by Crippen LogP contribution is -2.37. The summed E-state index contributed by atoms with van der Waals surface area (Å²) in [5.41, 5.74) is 1.77. The minimum atomic E-state index is -0.0138. The number of aryl methyl sites for hydroxylation is 1. The van der Waals surface area contributed by atoms with E-state index in [1.807, 2.05) is 31.0 Å². The number of carbonyl (C=O) groups excluding carboxylic acids is 2. The molecule has 0 radical (unpaired) electrons. The first-order chi connectivity index (χ1) is 11.9. The molecule has 25 heavy (non-hydrogen) atoms. The summed E-state index contributed by atoms with van der Waals surface area (Å²) in [6.07, 6.45) is 5.28. The van der Waals surface area contributed by atoms with Crippen molar-refractivity contribution < 1.29 is 9.59 Å². The van der Waals surface area contributed by atoms with E-state index in [2.05, 4.69) is 12.2 Å². The Kier molecular flexibility index (Phi) is 7.30. The third-order valence-electron chi connectivity index (χ3n) is 5.12. The van der Waals surface area contributed by atoms with Gasteiger partial charge in [0, 0.05) is 36.1 Å². The molecule has 1 aromatic rings. The lowest BCUT2D eigenvalue weighted by atomic mass is 9.81. The lowest BCUT2D eigenvalue weighted by Gasteiger charge is -2.30. The summed E-state index contributed by atoms with van der Waals surface area (Å²) in [4.78, 5) is 26.8. The van der Waals surface area contributed by atoms with Crippen molar-refractivity contribution >= 4 is 29.1 Å². The van der Waals surface area contributed by atoms with Gasteiger partial charge in [-0.1, -0.05) is 24.9 Å². The first kappa shape index (κ1) is 19.8. The molecule has 2 rings (SSSR count). The summed E-state index contributed by atoms with van der Waals surface area (Å²) in [7, 11) is 1.89. The van der Waals surface area contributed by atoms with E-state index in [0.29, 0.717) is 5.02 Å². The Morgan fingerprint density at radius 2 is 1.84 bits per heavy atom. The van der Waals surface area contributed by atoms with Crippen LogP contribution in [0.4, 0.5) is 5.69 Å². The Morgan fingerprint density at radius 3 is 2.44 bits per heavy atom. The highest BCUT2D eigenvalue weighted by Gasteiger charge is 2.31. The highest BCUT2D eigenvalue weighted by Crippen LogP contribution is 2.31. The number of anilines is 1. The number of carbonyl (C=O) groups is 2. The fraction of sp³-hybridized carbons (Fsp3) is 0.600. The number of hydrogen-bond acceptors (Lipinski definition) is 2. The predicted molar refractivity (Wildman–Crippen MR) is 103 cm³/mol. The van der Waals surface area contributed by atoms with Gasteiger partial charge < -0.3 is 10.2 Å². The smallest absolute Gasteiger partial charge is 0.227 e. The van der Waals surface area contributed by atoms with Crippen LogP contribution in [0, 0.1) is 18.8 Å². The highest BCUT2D eigenvalue weighted by atomic mass is 35.5. The zero-order valence-corrected chi connectivity index (χ0v) is 16.2. The molecular weight excluding hydrogens is 336 g/mol. The van der Waals surface area contributed by atoms with Crippen molar-refractivity contribution in [1.29, 1.82) is 0 Å². The van der Waals surface area contributed by atoms with Crippen molar-refractivity contribution in [2.24, 2.45) is 11.8 Å². The summed E-state index contributed by atoms with van der Waals surface area (Å²) in [5.74, 6) is 0.347. The number of nitrogens with one attached hydrogen (secondary N) is 1. The van der Waals surface area contributed by atoms with Crippen molar-refractivity contribution in [3.63, 3.8) is 0 Å². The summed E-state index contributed by atoms with van der Waals surface area (Å²) in [6.45, 7) is 4.89. The Bertz CT molecular complexity index is 610. The van der Waals surface area contributed by atoms with E-state index in [-0.39, 0.29) is 23.7 Å². The van der Waals surface area contributed by atoms with Gasteiger partial charge in [0.2, 0.25) is 11.8 Å². The van der Waals surface area contributed by atoms with Crippen LogP contribution in [0.1, 0.15) is 51.0 Å². The zero-order valence-electron chi connectivity index (χ0n) is 15.5. The maximum atomic E-state index is 12.5. The predicted octanol–water partition coefficient (Wildman–Crippen LogP) is 4.65. The summed E-state index contributed by atoms with van der Waals surface area (Å²) in [6, 6.07) is 5.47. The number of halogens is 1. The molecule has 138 valence electrons. The number of hydrogen-bond donors (Lipinski definition) is 1. The van der Waals surface area contributed by atoms with Gasteiger partial charge in [0.15, 0.2) is 0 Å². The van der Waals surface area contributed by atoms with E-state index in [1.165, 1.54) is 0 Å². The van der Waals surface area contributed by atoms with E-state index in [0.717, 1.165) is 56.3 Å². The summed E-state index contributed by atoms with van der Waals surface area (Å²) in [5, 5.41) is 3.68. The zero-order chi connectivity index (χ0) is 18.4. The molecule has 1 N–H and O–H groups in total. The van der Waals surface area contributed by atoms with Gasteiger partial charge in [-0.3, -0.25) is 9.59 Å². The number of nitrogens with zero attached hydrogens (tertiary/aromatic N) is 1. The van der Waals surface area contributed by atoms with Crippen LogP contribution in [-0.4, -0.2) is 30.3 Å². The molecule has 0 atom stereocenters. The molecule has 2 amide bonds. The Labute approximate surface area is 155 Å². The summed E-state index contributed by atoms with van der Waals surface area (Å²) < 4.78 is 0. The Balaban J connectivity index is 1.84. The largest absolute Gasteiger partial charge is 0.346 e. The third-order valence-corrected chi connectivity index (χ3v) is 5.35. The third kappa shape index (κ3) is 5.46. The molecule has 1 aliphatic carbocycles. The molecule has 1 fully saturated rings. The molecule has 0 heterocycles. The van der Waals surface area contributed by atoms with Crippen LogP contribution < -0.4 is 5.32 Å². The van der Waals surface area contributed by atoms with E-state index in [9.17, 15) is 9.59 Å². The van der Waals surface area contributed by atoms with Gasteiger partial charge in [-0.15, -0.1) is 0 Å². The first-order valence-corrected chi connectivity index (χ1v) is 9.62. The second-order valence-corrected chi connectivity index (χ2v) is 7.55. The maximum Gasteiger partial charge on any atom is 0.227 e. The molecule has 5 heteroatoms. The Hall–Kier alpha value is -1.55. The molecule has 0 aromatic heterocycles. The molecule has 0 aliphatic heterocycles. The average Bonchev–Trinajstić information content (AvgIpc) is 2.61. The van der Waals surface area contributed by atoms with E-state index in [1.54, 1.807) is 6.07 Å². The molecule has 1 aromatic carbocycles. The van der Waals surface area contributed by atoms with Crippen molar-refractivity contribution in [1.82, 2.24) is 4.90 Å². The van der Waals surface area contributed by atoms with Crippen LogP contribution >= 0.6 is 11.6 Å². The van der Waals surface area contributed by atoms with Gasteiger partial charge in [-0.05, 0) is 62.8 Å². The van der Waals surface area contributed by atoms with Crippen molar-refractivity contribution in [2.75, 3.05) is 18.9 Å². The average molecular weight is 365 g/mol. The number of rotatable bonds is 6. The number of amides is 2. The maximum absolute atomic E-state index is 12.5. The van der Waals surface area contributed by atoms with Gasteiger partial charge in [0.25, 0.3) is 0 Å². The molecule has 4 nitrogen and oxygen atoms in total. The van der Waals surface area contributed by atoms with Gasteiger partial charge >= 0.3 is 0 Å². The van der Waals surface area contributed by atoms with Crippen LogP contribution in [0.5, 0.6) is 0 Å². The second-order valence-electron chi connectivity index (χ2n) is 7.11. The lowest BCUT2D eigenvalue weighted by molar-refractivity contribution is -0.136. The van der Waals surface area contributed by atoms with Crippen LogP contribution in [0.25, 0.3) is 0 Å². The fourth-order valence-electron chi connectivity index (χ4n) is 3.42. The van der Waals surface area contributed by atoms with Gasteiger partial charge in [-0.25, -0.2) is 0 Å². The monoisotopic (exact) mass is 364 g/mol. The number of unbranched alkanes of at least 4 members (excludes halogenated alkanes) is 1. The molecule has 0 unspecified atom stereocenters. The minimum absolute atomic E-state index is 0.0138. The normalized spacial score (nSPS) is 20.2. The topological polar surface area (TPSA) is 49.4 Å². The Morgan fingerprint density at radius 1 is 1.20 bits per heavy atom. The molecule has 0 bridgehead atoms. The van der Waals surface area contributed by atoms with Gasteiger partial charge in [0.05, 0.1) is 0 Å². The molecule has 1 aliphatic rings. The highest BCUT2D eigenvalue weighted by molar-refractivity contribution is 6.30. The van der Waals surface area contributed by atoms with Crippen molar-refractivity contribution in [3.05, 3.63) is 28.8 Å². The van der Waals surface area contributed by atoms with Crippen LogP contribution in [0.15, 0.2) is 18.2 Å². The van der Waals surface area contributed by atoms with Crippen molar-refractivity contribution in [2.45, 2.75) is 52.4 Å². The van der Waals surface area contributed by atoms with Crippen molar-refractivity contribution in [3.8, 4) is 0 Å². The summed E-state index contributed by atoms with van der Waals surface area (Å²) >= 11 is 5.96. The SMILES string of the molecule is CCCCN(C)C(=O)C1CCC(C(=O)Nc2ccc(Cl)cc2C)CC1. The minimum Gasteiger partial charge on any atom is -0.346 e. The quantitative estimate of drug-likeness (QED) is 0.798. The standard InChI is InChI=1S/C20H29ClN2O2/c1-4-5-12-23(3)20(25)16-8-6-15(7-9-16)19(24)22-18-11-10-17(21)13-14(18)2/h10-11,13,15-16H,4-9,12H2,1-3H3,(H,22,24). The van der Waals surface area contributed by atoms with Gasteiger partial charge in [0.1, 0.15) is 0 Å². The van der Waals surface area contributed by atoms with Crippen LogP contribution in [0.2, 0.25) is 5.02 Å². The van der Waals surface area contributed by atoms with E-state index < -0.39 is 0 Å². The number of benzene rings is 1. The van der Waals surface area contributed by atoms with Crippen LogP contribution in [0.3, 0.4) is 0 Å².